The lowest BCUT2D eigenvalue weighted by Crippen LogP contribution is -2.57. The molecular formula is C33H34N6O3. The Morgan fingerprint density at radius 2 is 1.81 bits per heavy atom. The van der Waals surface area contributed by atoms with Crippen molar-refractivity contribution in [1.29, 1.82) is 0 Å². The second-order valence-electron chi connectivity index (χ2n) is 11.4. The number of likely N-dealkylation sites (tertiary alicyclic amines) is 1. The predicted molar refractivity (Wildman–Crippen MR) is 159 cm³/mol. The number of rotatable bonds is 6. The summed E-state index contributed by atoms with van der Waals surface area (Å²) in [5.74, 6) is 0.870. The zero-order valence-corrected chi connectivity index (χ0v) is 24.2. The lowest BCUT2D eigenvalue weighted by molar-refractivity contribution is -0.131. The molecule has 1 atom stereocenters. The standard InChI is InChI=1S/C33H34N6O3/c1-22-5-4-15-35-29(22)20-37-17-13-33(14-18-37)31(41)38(32(42)39(33)30-12-16-34-24(3)36-30)27-9-7-26(8-10-27)28-11-6-25(21-40)19-23(28)2/h4-7,9-12,15-16,19,21,26H,8,13-14,17-18,20H2,1-3H3. The molecule has 9 nitrogen and oxygen atoms in total. The van der Waals surface area contributed by atoms with Crippen LogP contribution < -0.4 is 4.90 Å². The third-order valence-corrected chi connectivity index (χ3v) is 8.74. The van der Waals surface area contributed by atoms with Gasteiger partial charge in [-0.25, -0.2) is 19.7 Å². The number of carbonyl (C=O) groups is 3. The number of allylic oxidation sites excluding steroid dienone is 3. The second-order valence-corrected chi connectivity index (χ2v) is 11.4. The van der Waals surface area contributed by atoms with Gasteiger partial charge in [0.15, 0.2) is 0 Å². The van der Waals surface area contributed by atoms with Gasteiger partial charge in [0, 0.05) is 49.2 Å². The number of benzene rings is 1. The van der Waals surface area contributed by atoms with Crippen LogP contribution in [0.5, 0.6) is 0 Å². The van der Waals surface area contributed by atoms with Gasteiger partial charge in [-0.05, 0) is 81.0 Å². The van der Waals surface area contributed by atoms with Gasteiger partial charge in [-0.15, -0.1) is 0 Å². The molecule has 3 aromatic rings. The number of amides is 3. The van der Waals surface area contributed by atoms with E-state index in [9.17, 15) is 14.4 Å². The molecule has 9 heteroatoms. The summed E-state index contributed by atoms with van der Waals surface area (Å²) < 4.78 is 0. The molecule has 3 amide bonds. The monoisotopic (exact) mass is 562 g/mol. The third kappa shape index (κ3) is 4.83. The molecule has 0 radical (unpaired) electrons. The van der Waals surface area contributed by atoms with E-state index in [0.29, 0.717) is 61.8 Å². The van der Waals surface area contributed by atoms with E-state index in [2.05, 4.69) is 32.8 Å². The van der Waals surface area contributed by atoms with E-state index >= 15 is 0 Å². The quantitative estimate of drug-likeness (QED) is 0.307. The van der Waals surface area contributed by atoms with Gasteiger partial charge in [-0.1, -0.05) is 30.4 Å². The van der Waals surface area contributed by atoms with Crippen LogP contribution in [0.2, 0.25) is 0 Å². The lowest BCUT2D eigenvalue weighted by atomic mass is 9.85. The minimum atomic E-state index is -1.03. The van der Waals surface area contributed by atoms with E-state index in [1.807, 2.05) is 55.6 Å². The molecule has 3 aliphatic rings. The normalized spacial score (nSPS) is 20.4. The Balaban J connectivity index is 1.27. The molecule has 2 fully saturated rings. The van der Waals surface area contributed by atoms with Crippen molar-refractivity contribution in [2.45, 2.75) is 58.0 Å². The van der Waals surface area contributed by atoms with E-state index < -0.39 is 5.54 Å². The molecule has 2 aromatic heterocycles. The van der Waals surface area contributed by atoms with Crippen LogP contribution in [-0.2, 0) is 11.3 Å². The van der Waals surface area contributed by atoms with Crippen molar-refractivity contribution in [1.82, 2.24) is 24.8 Å². The highest BCUT2D eigenvalue weighted by atomic mass is 16.2. The lowest BCUT2D eigenvalue weighted by Gasteiger charge is -2.41. The number of anilines is 1. The number of aromatic nitrogens is 3. The van der Waals surface area contributed by atoms with Crippen molar-refractivity contribution in [2.24, 2.45) is 0 Å². The number of piperidine rings is 1. The van der Waals surface area contributed by atoms with Gasteiger partial charge in [-0.3, -0.25) is 24.4 Å². The van der Waals surface area contributed by atoms with E-state index in [4.69, 9.17) is 0 Å². The highest BCUT2D eigenvalue weighted by Gasteiger charge is 2.60. The number of urea groups is 1. The number of hydrogen-bond acceptors (Lipinski definition) is 7. The van der Waals surface area contributed by atoms with Crippen LogP contribution in [0.4, 0.5) is 10.6 Å². The smallest absolute Gasteiger partial charge is 0.298 e. The van der Waals surface area contributed by atoms with Gasteiger partial charge in [0.2, 0.25) is 0 Å². The first-order valence-electron chi connectivity index (χ1n) is 14.4. The zero-order valence-electron chi connectivity index (χ0n) is 24.2. The molecule has 4 heterocycles. The van der Waals surface area contributed by atoms with Gasteiger partial charge in [0.1, 0.15) is 23.5 Å². The summed E-state index contributed by atoms with van der Waals surface area (Å²) in [6.45, 7) is 7.83. The summed E-state index contributed by atoms with van der Waals surface area (Å²) in [5, 5.41) is 0. The SMILES string of the molecule is Cc1nccc(N2C(=O)N(C3=CCC(c4ccc(C=O)cc4C)C=C3)C(=O)C23CCN(Cc2ncccc2C)CC3)n1. The first-order valence-corrected chi connectivity index (χ1v) is 14.4. The number of hydrogen-bond donors (Lipinski definition) is 0. The minimum absolute atomic E-state index is 0.0927. The minimum Gasteiger partial charge on any atom is -0.298 e. The average molecular weight is 563 g/mol. The second kappa shape index (κ2) is 11.1. The summed E-state index contributed by atoms with van der Waals surface area (Å²) >= 11 is 0. The number of aryl methyl sites for hydroxylation is 3. The Bertz CT molecular complexity index is 1620. The predicted octanol–water partition coefficient (Wildman–Crippen LogP) is 5.04. The summed E-state index contributed by atoms with van der Waals surface area (Å²) in [7, 11) is 0. The first kappa shape index (κ1) is 27.7. The summed E-state index contributed by atoms with van der Waals surface area (Å²) in [4.78, 5) is 58.2. The van der Waals surface area contributed by atoms with Crippen LogP contribution in [-0.4, -0.2) is 61.6 Å². The Hall–Kier alpha value is -4.50. The van der Waals surface area contributed by atoms with E-state index in [0.717, 1.165) is 28.7 Å². The molecule has 2 aliphatic heterocycles. The maximum absolute atomic E-state index is 14.3. The third-order valence-electron chi connectivity index (χ3n) is 8.74. The molecule has 1 spiro atoms. The molecule has 0 N–H and O–H groups in total. The number of pyridine rings is 1. The van der Waals surface area contributed by atoms with E-state index in [-0.39, 0.29) is 17.9 Å². The largest absolute Gasteiger partial charge is 0.338 e. The van der Waals surface area contributed by atoms with E-state index in [1.165, 1.54) is 4.90 Å². The number of nitrogens with zero attached hydrogens (tertiary/aromatic N) is 6. The van der Waals surface area contributed by atoms with Crippen molar-refractivity contribution in [3.8, 4) is 0 Å². The Labute approximate surface area is 245 Å². The van der Waals surface area contributed by atoms with E-state index in [1.54, 1.807) is 24.1 Å². The molecule has 0 saturated carbocycles. The maximum atomic E-state index is 14.3. The molecule has 0 bridgehead atoms. The van der Waals surface area contributed by atoms with Gasteiger partial charge < -0.3 is 0 Å². The molecule has 42 heavy (non-hydrogen) atoms. The first-order chi connectivity index (χ1) is 20.3. The Morgan fingerprint density at radius 1 is 1.00 bits per heavy atom. The highest BCUT2D eigenvalue weighted by molar-refractivity contribution is 6.18. The van der Waals surface area contributed by atoms with Crippen molar-refractivity contribution in [3.63, 3.8) is 0 Å². The molecule has 214 valence electrons. The van der Waals surface area contributed by atoms with Gasteiger partial charge >= 0.3 is 6.03 Å². The maximum Gasteiger partial charge on any atom is 0.338 e. The molecule has 6 rings (SSSR count). The number of carbonyl (C=O) groups excluding carboxylic acids is 3. The number of imide groups is 1. The van der Waals surface area contributed by atoms with Crippen LogP contribution in [0.1, 0.15) is 63.7 Å². The van der Waals surface area contributed by atoms with Crippen molar-refractivity contribution < 1.29 is 14.4 Å². The van der Waals surface area contributed by atoms with Crippen LogP contribution in [0, 0.1) is 20.8 Å². The van der Waals surface area contributed by atoms with Crippen LogP contribution >= 0.6 is 0 Å². The summed E-state index contributed by atoms with van der Waals surface area (Å²) in [6, 6.07) is 11.0. The van der Waals surface area contributed by atoms with Crippen molar-refractivity contribution >= 4 is 24.0 Å². The van der Waals surface area contributed by atoms with Crippen molar-refractivity contribution in [3.05, 3.63) is 106 Å². The average Bonchev–Trinajstić information content (AvgIpc) is 3.20. The van der Waals surface area contributed by atoms with Gasteiger partial charge in [0.25, 0.3) is 5.91 Å². The van der Waals surface area contributed by atoms with Crippen molar-refractivity contribution in [2.75, 3.05) is 18.0 Å². The van der Waals surface area contributed by atoms with Crippen LogP contribution in [0.15, 0.2) is 72.7 Å². The molecule has 1 aliphatic carbocycles. The van der Waals surface area contributed by atoms with Gasteiger partial charge in [-0.2, -0.15) is 0 Å². The summed E-state index contributed by atoms with van der Waals surface area (Å²) in [5.41, 5.74) is 4.52. The van der Waals surface area contributed by atoms with Crippen LogP contribution in [0.3, 0.4) is 0 Å². The molecule has 2 saturated heterocycles. The fourth-order valence-electron chi connectivity index (χ4n) is 6.39. The zero-order chi connectivity index (χ0) is 29.4. The molecule has 1 aromatic carbocycles. The Kier molecular flexibility index (Phi) is 7.28. The van der Waals surface area contributed by atoms with Gasteiger partial charge in [0.05, 0.1) is 5.69 Å². The Morgan fingerprint density at radius 3 is 2.48 bits per heavy atom. The fraction of sp³-hybridized carbons (Fsp3) is 0.333. The summed E-state index contributed by atoms with van der Waals surface area (Å²) in [6.07, 6.45) is 11.8. The number of aldehydes is 1. The molecular weight excluding hydrogens is 528 g/mol. The van der Waals surface area contributed by atoms with Crippen LogP contribution in [0.25, 0.3) is 0 Å². The topological polar surface area (TPSA) is 99.6 Å². The highest BCUT2D eigenvalue weighted by Crippen LogP contribution is 2.43. The molecule has 1 unspecified atom stereocenters. The fourth-order valence-corrected chi connectivity index (χ4v) is 6.39.